The number of benzene rings is 3. The van der Waals surface area contributed by atoms with Crippen LogP contribution in [0.1, 0.15) is 77.6 Å². The van der Waals surface area contributed by atoms with E-state index in [0.717, 1.165) is 42.7 Å². The Bertz CT molecular complexity index is 3380. The minimum absolute atomic E-state index is 0.00472. The molecule has 11 rings (SSSR count). The van der Waals surface area contributed by atoms with Gasteiger partial charge in [0.2, 0.25) is 17.7 Å². The molecule has 6 aliphatic heterocycles. The number of nitrogens with zero attached hydrogens (tertiary/aromatic N) is 7. The Hall–Kier alpha value is -8.01. The van der Waals surface area contributed by atoms with Crippen LogP contribution in [0.2, 0.25) is 0 Å². The molecule has 5 fully saturated rings. The number of hydrogen-bond acceptors (Lipinski definition) is 18. The van der Waals surface area contributed by atoms with E-state index in [4.69, 9.17) is 30.4 Å². The van der Waals surface area contributed by atoms with Crippen LogP contribution in [-0.4, -0.2) is 180 Å². The number of hydrogen-bond donors (Lipinski definition) is 4. The van der Waals surface area contributed by atoms with Crippen molar-refractivity contribution in [3.05, 3.63) is 89.1 Å². The SMILES string of the molecule is C#Cc1c(F)ccc2cc(O)cc(-c3ncc4c(N5CC6CCC(C5)N6)nc(OCC56CCC(COC=O)N5CC(=C)C6)nc4c3F)c12.CN(C)CCOCCOCCC(=O)Nc1cccc2c1C(=O)N(C1CCC(=O)NC1=O)C2=O. The average Bonchev–Trinajstić information content (AvgIpc) is 4.18. The minimum Gasteiger partial charge on any atom is -0.508 e. The van der Waals surface area contributed by atoms with Crippen LogP contribution >= 0.6 is 0 Å². The van der Waals surface area contributed by atoms with Gasteiger partial charge in [-0.25, -0.2) is 8.78 Å². The lowest BCUT2D eigenvalue weighted by molar-refractivity contribution is -0.136. The molecule has 0 saturated carbocycles. The maximum absolute atomic E-state index is 16.9. The highest BCUT2D eigenvalue weighted by Crippen LogP contribution is 2.45. The maximum Gasteiger partial charge on any atom is 0.319 e. The van der Waals surface area contributed by atoms with Crippen molar-refractivity contribution >= 4 is 69.2 Å². The summed E-state index contributed by atoms with van der Waals surface area (Å²) >= 11 is 0. The topological polar surface area (TPSA) is 247 Å². The quantitative estimate of drug-likeness (QED) is 0.0293. The van der Waals surface area contributed by atoms with Crippen LogP contribution in [0.15, 0.2) is 60.8 Å². The zero-order chi connectivity index (χ0) is 57.1. The van der Waals surface area contributed by atoms with Crippen molar-refractivity contribution in [2.75, 3.05) is 90.1 Å². The van der Waals surface area contributed by atoms with Gasteiger partial charge in [-0.15, -0.1) is 6.42 Å². The number of rotatable bonds is 19. The van der Waals surface area contributed by atoms with Crippen LogP contribution in [0.3, 0.4) is 0 Å². The zero-order valence-corrected chi connectivity index (χ0v) is 44.9. The van der Waals surface area contributed by atoms with Crippen molar-refractivity contribution in [2.24, 2.45) is 0 Å². The fraction of sp³-hybridized carbons (Fsp3) is 0.431. The second kappa shape index (κ2) is 24.0. The number of aromatic hydroxyl groups is 1. The summed E-state index contributed by atoms with van der Waals surface area (Å²) in [6.07, 6.45) is 11.8. The molecule has 424 valence electrons. The Morgan fingerprint density at radius 2 is 1.78 bits per heavy atom. The monoisotopic (exact) mass is 1110 g/mol. The summed E-state index contributed by atoms with van der Waals surface area (Å²) in [4.78, 5) is 93.9. The summed E-state index contributed by atoms with van der Waals surface area (Å²) in [6.45, 7) is 9.62. The number of carbonyl (C=O) groups excluding carboxylic acids is 6. The van der Waals surface area contributed by atoms with Crippen LogP contribution < -0.4 is 25.6 Å². The second-order valence-electron chi connectivity index (χ2n) is 21.4. The molecule has 3 aromatic carbocycles. The van der Waals surface area contributed by atoms with Gasteiger partial charge in [0.15, 0.2) is 5.82 Å². The average molecular weight is 1110 g/mol. The van der Waals surface area contributed by atoms with Gasteiger partial charge in [-0.1, -0.05) is 30.2 Å². The highest BCUT2D eigenvalue weighted by Gasteiger charge is 2.52. The number of likely N-dealkylation sites (N-methyl/N-ethyl adjacent to an activating group) is 1. The third-order valence-corrected chi connectivity index (χ3v) is 15.7. The molecular weight excluding hydrogens is 1050 g/mol. The lowest BCUT2D eigenvalue weighted by atomic mass is 9.94. The zero-order valence-electron chi connectivity index (χ0n) is 44.9. The Balaban J connectivity index is 0.000000196. The van der Waals surface area contributed by atoms with Gasteiger partial charge < -0.3 is 44.5 Å². The predicted molar refractivity (Wildman–Crippen MR) is 292 cm³/mol. The van der Waals surface area contributed by atoms with E-state index < -0.39 is 41.3 Å². The fourth-order valence-electron chi connectivity index (χ4n) is 11.9. The van der Waals surface area contributed by atoms with Crippen molar-refractivity contribution in [1.82, 2.24) is 40.3 Å². The molecule has 5 unspecified atom stereocenters. The van der Waals surface area contributed by atoms with Crippen LogP contribution in [0, 0.1) is 24.0 Å². The van der Waals surface area contributed by atoms with E-state index in [2.05, 4.69) is 48.2 Å². The number of phenols is 1. The van der Waals surface area contributed by atoms with Crippen LogP contribution in [-0.2, 0) is 33.4 Å². The van der Waals surface area contributed by atoms with Gasteiger partial charge in [0.05, 0.1) is 66.2 Å². The number of piperidine rings is 1. The number of amides is 5. The molecule has 5 atom stereocenters. The summed E-state index contributed by atoms with van der Waals surface area (Å²) in [5.74, 6) is -1.45. The number of terminal acetylenes is 1. The normalized spacial score (nSPS) is 22.2. The molecule has 6 aliphatic rings. The van der Waals surface area contributed by atoms with E-state index in [1.54, 1.807) is 6.07 Å². The minimum atomic E-state index is -1.06. The molecule has 5 aromatic rings. The molecule has 5 saturated heterocycles. The summed E-state index contributed by atoms with van der Waals surface area (Å²) < 4.78 is 54.1. The number of phenolic OH excluding ortho intramolecular Hbond substituents is 1. The molecule has 8 heterocycles. The number of aromatic nitrogens is 3. The van der Waals surface area contributed by atoms with E-state index in [9.17, 15) is 38.3 Å². The van der Waals surface area contributed by atoms with Crippen molar-refractivity contribution in [2.45, 2.75) is 81.1 Å². The number of fused-ring (bicyclic) bond motifs is 6. The lowest BCUT2D eigenvalue weighted by Crippen LogP contribution is -2.54. The number of ether oxygens (including phenoxy) is 4. The van der Waals surface area contributed by atoms with Crippen molar-refractivity contribution < 1.29 is 61.6 Å². The number of piperazine rings is 1. The van der Waals surface area contributed by atoms with E-state index in [0.29, 0.717) is 68.9 Å². The molecule has 2 bridgehead atoms. The molecule has 5 amide bonds. The number of anilines is 2. The highest BCUT2D eigenvalue weighted by molar-refractivity contribution is 6.26. The Labute approximate surface area is 465 Å². The lowest BCUT2D eigenvalue weighted by Gasteiger charge is -2.35. The molecule has 0 radical (unpaired) electrons. The summed E-state index contributed by atoms with van der Waals surface area (Å²) in [6, 6.07) is 9.60. The first kappa shape index (κ1) is 56.3. The molecular formula is C58H62F2N10O11. The summed E-state index contributed by atoms with van der Waals surface area (Å²) in [5, 5.41) is 20.1. The third-order valence-electron chi connectivity index (χ3n) is 15.7. The van der Waals surface area contributed by atoms with Crippen molar-refractivity contribution in [3.8, 4) is 35.4 Å². The molecule has 4 N–H and O–H groups in total. The smallest absolute Gasteiger partial charge is 0.319 e. The van der Waals surface area contributed by atoms with E-state index >= 15 is 4.39 Å². The molecule has 2 aromatic heterocycles. The number of pyridine rings is 1. The first-order valence-electron chi connectivity index (χ1n) is 26.9. The summed E-state index contributed by atoms with van der Waals surface area (Å²) in [7, 11) is 3.91. The van der Waals surface area contributed by atoms with Crippen LogP contribution in [0.5, 0.6) is 11.8 Å². The Morgan fingerprint density at radius 1 is 1.00 bits per heavy atom. The number of nitrogens with one attached hydrogen (secondary N) is 3. The molecule has 21 nitrogen and oxygen atoms in total. The number of halogens is 2. The summed E-state index contributed by atoms with van der Waals surface area (Å²) in [5.41, 5.74) is 0.979. The first-order valence-corrected chi connectivity index (χ1v) is 26.9. The van der Waals surface area contributed by atoms with Gasteiger partial charge in [-0.3, -0.25) is 48.9 Å². The molecule has 0 aliphatic carbocycles. The van der Waals surface area contributed by atoms with Crippen LogP contribution in [0.4, 0.5) is 20.3 Å². The highest BCUT2D eigenvalue weighted by atomic mass is 19.1. The Kier molecular flexibility index (Phi) is 16.7. The van der Waals surface area contributed by atoms with Gasteiger partial charge in [0, 0.05) is 67.9 Å². The number of imide groups is 2. The van der Waals surface area contributed by atoms with Gasteiger partial charge in [0.1, 0.15) is 47.9 Å². The van der Waals surface area contributed by atoms with E-state index in [1.165, 1.54) is 42.6 Å². The largest absolute Gasteiger partial charge is 0.508 e. The first-order chi connectivity index (χ1) is 39.1. The number of carbonyl (C=O) groups is 6. The maximum atomic E-state index is 16.9. The predicted octanol–water partition coefficient (Wildman–Crippen LogP) is 4.48. The van der Waals surface area contributed by atoms with E-state index in [1.807, 2.05) is 19.0 Å². The molecule has 0 spiro atoms. The molecule has 81 heavy (non-hydrogen) atoms. The van der Waals surface area contributed by atoms with Gasteiger partial charge in [-0.2, -0.15) is 9.97 Å². The Morgan fingerprint density at radius 3 is 2.52 bits per heavy atom. The fourth-order valence-corrected chi connectivity index (χ4v) is 11.9. The van der Waals surface area contributed by atoms with E-state index in [-0.39, 0.29) is 125 Å². The van der Waals surface area contributed by atoms with Gasteiger partial charge >= 0.3 is 6.01 Å². The second-order valence-corrected chi connectivity index (χ2v) is 21.4. The molecule has 23 heteroatoms. The standard InChI is InChI=1S/C36H34F2N6O4.C22H28N4O7/c1-3-26-29(37)7-4-21-10-25(46)11-27(30(21)26)32-31(38)33-28(13-39-32)34(43-15-22-5-6-23(16-43)40-22)42-35(41-33)48-18-36-9-8-24(17-47-19-45)44(36)14-20(2)12-36;1-25(2)9-11-33-13-12-32-10-8-18(28)23-15-5-3-4-14-19(15)22(31)26(21(14)30)16-6-7-17(27)24-20(16)29/h1,4,7,10-11,13,19,22-24,40,46H,2,5-6,8-9,12,14-18H2;3-5,16H,6-13H2,1-2H3,(H,23,28)(H,24,27,29). The van der Waals surface area contributed by atoms with Gasteiger partial charge in [0.25, 0.3) is 18.3 Å². The van der Waals surface area contributed by atoms with Crippen molar-refractivity contribution in [3.63, 3.8) is 0 Å². The third kappa shape index (κ3) is 11.6. The van der Waals surface area contributed by atoms with Gasteiger partial charge in [-0.05, 0) is 88.3 Å². The van der Waals surface area contributed by atoms with Crippen molar-refractivity contribution in [1.29, 1.82) is 0 Å². The van der Waals surface area contributed by atoms with Crippen LogP contribution in [0.25, 0.3) is 32.9 Å².